The maximum atomic E-state index is 12.9. The van der Waals surface area contributed by atoms with E-state index in [1.54, 1.807) is 21.3 Å². The van der Waals surface area contributed by atoms with Gasteiger partial charge in [-0.05, 0) is 130 Å². The Bertz CT molecular complexity index is 2760. The Morgan fingerprint density at radius 2 is 0.740 bits per heavy atom. The average Bonchev–Trinajstić information content (AvgIpc) is 3.18. The van der Waals surface area contributed by atoms with E-state index in [4.69, 9.17) is 14.2 Å². The largest absolute Gasteiger partial charge is 0.497 e. The first-order valence-electron chi connectivity index (χ1n) is 16.4. The van der Waals surface area contributed by atoms with Crippen molar-refractivity contribution in [3.8, 4) is 50.6 Å². The van der Waals surface area contributed by atoms with Gasteiger partial charge in [0.1, 0.15) is 17.2 Å². The standard InChI is InChI=1S/C45H30O5/c1-48-28-10-4-25(5-11-28)31-16-21-36-41-32(31)17-19-34-39(23-46)40(24-47)35-20-18-33-37(26-6-12-29(49-2)13-7-26)22-38(27-8-14-30(50-3)15-9-27)42(36)43(33)45(35)44(34)41/h4-24H,1-3H3. The summed E-state index contributed by atoms with van der Waals surface area (Å²) in [6, 6.07) is 39.3. The molecule has 0 aliphatic rings. The predicted molar refractivity (Wildman–Crippen MR) is 203 cm³/mol. The number of rotatable bonds is 8. The lowest BCUT2D eigenvalue weighted by Gasteiger charge is -2.24. The predicted octanol–water partition coefficient (Wildman–Crippen LogP) is 11.0. The number of hydrogen-bond acceptors (Lipinski definition) is 5. The molecule has 0 aliphatic heterocycles. The van der Waals surface area contributed by atoms with Crippen LogP contribution in [0.1, 0.15) is 20.7 Å². The highest BCUT2D eigenvalue weighted by Gasteiger charge is 2.26. The van der Waals surface area contributed by atoms with Crippen molar-refractivity contribution in [2.45, 2.75) is 0 Å². The summed E-state index contributed by atoms with van der Waals surface area (Å²) in [4.78, 5) is 25.6. The molecular weight excluding hydrogens is 620 g/mol. The van der Waals surface area contributed by atoms with Crippen molar-refractivity contribution < 1.29 is 23.8 Å². The molecule has 0 radical (unpaired) electrons. The van der Waals surface area contributed by atoms with Gasteiger partial charge in [-0.1, -0.05) is 72.8 Å². The zero-order chi connectivity index (χ0) is 34.1. The Kier molecular flexibility index (Phi) is 6.71. The molecule has 0 unspecified atom stereocenters. The molecule has 0 heterocycles. The molecule has 9 aromatic rings. The molecule has 0 atom stereocenters. The van der Waals surface area contributed by atoms with Crippen LogP contribution in [0.3, 0.4) is 0 Å². The van der Waals surface area contributed by atoms with Crippen molar-refractivity contribution in [2.75, 3.05) is 21.3 Å². The van der Waals surface area contributed by atoms with Crippen molar-refractivity contribution in [1.82, 2.24) is 0 Å². The van der Waals surface area contributed by atoms with Gasteiger partial charge in [0.2, 0.25) is 0 Å². The van der Waals surface area contributed by atoms with Crippen LogP contribution in [0.5, 0.6) is 17.2 Å². The van der Waals surface area contributed by atoms with Crippen molar-refractivity contribution in [2.24, 2.45) is 0 Å². The van der Waals surface area contributed by atoms with Crippen LogP contribution in [-0.4, -0.2) is 33.9 Å². The van der Waals surface area contributed by atoms with E-state index in [2.05, 4.69) is 66.7 Å². The first-order chi connectivity index (χ1) is 24.6. The van der Waals surface area contributed by atoms with Gasteiger partial charge in [-0.15, -0.1) is 0 Å². The Balaban J connectivity index is 1.53. The van der Waals surface area contributed by atoms with E-state index in [9.17, 15) is 9.59 Å². The maximum absolute atomic E-state index is 12.9. The minimum Gasteiger partial charge on any atom is -0.497 e. The van der Waals surface area contributed by atoms with Gasteiger partial charge in [-0.3, -0.25) is 9.59 Å². The average molecular weight is 651 g/mol. The minimum absolute atomic E-state index is 0.408. The lowest BCUT2D eigenvalue weighted by molar-refractivity contribution is 0.109. The number of benzene rings is 9. The molecule has 0 saturated carbocycles. The number of carbonyl (C=O) groups excluding carboxylic acids is 2. The number of hydrogen-bond donors (Lipinski definition) is 0. The van der Waals surface area contributed by atoms with Crippen LogP contribution in [-0.2, 0) is 0 Å². The lowest BCUT2D eigenvalue weighted by Crippen LogP contribution is -2.01. The fourth-order valence-electron chi connectivity index (χ4n) is 7.99. The second-order valence-electron chi connectivity index (χ2n) is 12.6. The van der Waals surface area contributed by atoms with E-state index in [-0.39, 0.29) is 0 Å². The fraction of sp³-hybridized carbons (Fsp3) is 0.0667. The molecule has 5 nitrogen and oxygen atoms in total. The topological polar surface area (TPSA) is 61.8 Å². The van der Waals surface area contributed by atoms with Gasteiger partial charge < -0.3 is 14.2 Å². The van der Waals surface area contributed by atoms with Crippen molar-refractivity contribution in [3.05, 3.63) is 126 Å². The van der Waals surface area contributed by atoms with E-state index >= 15 is 0 Å². The van der Waals surface area contributed by atoms with E-state index < -0.39 is 0 Å². The van der Waals surface area contributed by atoms with Gasteiger partial charge in [0, 0.05) is 11.1 Å². The Hall–Kier alpha value is -6.46. The van der Waals surface area contributed by atoms with Gasteiger partial charge >= 0.3 is 0 Å². The quantitative estimate of drug-likeness (QED) is 0.0930. The van der Waals surface area contributed by atoms with Crippen LogP contribution in [0.4, 0.5) is 0 Å². The molecule has 0 spiro atoms. The van der Waals surface area contributed by atoms with Gasteiger partial charge in [0.25, 0.3) is 0 Å². The summed E-state index contributed by atoms with van der Waals surface area (Å²) in [5.41, 5.74) is 7.16. The van der Waals surface area contributed by atoms with Crippen LogP contribution in [0.2, 0.25) is 0 Å². The summed E-state index contributed by atoms with van der Waals surface area (Å²) in [7, 11) is 5.00. The van der Waals surface area contributed by atoms with Gasteiger partial charge in [0.15, 0.2) is 12.6 Å². The SMILES string of the molecule is COc1ccc(-c2ccc3c4c(-c5ccc(OC)cc5)cc(-c5ccc(OC)cc5)c5ccc6c(C=O)c(C=O)c7ccc2c3c7c6c54)cc1. The van der Waals surface area contributed by atoms with E-state index in [0.717, 1.165) is 117 Å². The summed E-state index contributed by atoms with van der Waals surface area (Å²) in [6.45, 7) is 0. The van der Waals surface area contributed by atoms with Crippen LogP contribution < -0.4 is 14.2 Å². The van der Waals surface area contributed by atoms with Crippen LogP contribution in [0.25, 0.3) is 87.2 Å². The van der Waals surface area contributed by atoms with E-state index in [1.807, 2.05) is 48.5 Å². The fourth-order valence-corrected chi connectivity index (χ4v) is 7.99. The third kappa shape index (κ3) is 4.13. The molecule has 0 fully saturated rings. The molecular formula is C45H30O5. The van der Waals surface area contributed by atoms with Gasteiger partial charge in [-0.25, -0.2) is 0 Å². The number of methoxy groups -OCH3 is 3. The molecule has 0 bridgehead atoms. The third-order valence-electron chi connectivity index (χ3n) is 10.3. The minimum atomic E-state index is 0.408. The highest BCUT2D eigenvalue weighted by molar-refractivity contribution is 6.45. The Morgan fingerprint density at radius 1 is 0.360 bits per heavy atom. The molecule has 0 saturated heterocycles. The Labute approximate surface area is 287 Å². The molecule has 0 aromatic heterocycles. The smallest absolute Gasteiger partial charge is 0.151 e. The van der Waals surface area contributed by atoms with Crippen molar-refractivity contribution >= 4 is 66.4 Å². The number of aldehydes is 2. The van der Waals surface area contributed by atoms with Gasteiger partial charge in [0.05, 0.1) is 21.3 Å². The molecule has 5 heteroatoms. The monoisotopic (exact) mass is 650 g/mol. The summed E-state index contributed by atoms with van der Waals surface area (Å²) < 4.78 is 16.5. The zero-order valence-electron chi connectivity index (χ0n) is 27.7. The summed E-state index contributed by atoms with van der Waals surface area (Å²) in [5.74, 6) is 2.35. The summed E-state index contributed by atoms with van der Waals surface area (Å²) in [6.07, 6.45) is 1.66. The Morgan fingerprint density at radius 3 is 1.22 bits per heavy atom. The van der Waals surface area contributed by atoms with Crippen LogP contribution >= 0.6 is 0 Å². The lowest BCUT2D eigenvalue weighted by atomic mass is 9.78. The first kappa shape index (κ1) is 29.7. The first-order valence-corrected chi connectivity index (χ1v) is 16.4. The number of fused-ring (bicyclic) bond motifs is 1. The molecule has 0 aliphatic carbocycles. The molecule has 50 heavy (non-hydrogen) atoms. The number of carbonyl (C=O) groups is 2. The van der Waals surface area contributed by atoms with Crippen LogP contribution in [0, 0.1) is 0 Å². The van der Waals surface area contributed by atoms with Crippen molar-refractivity contribution in [3.63, 3.8) is 0 Å². The van der Waals surface area contributed by atoms with E-state index in [0.29, 0.717) is 11.1 Å². The third-order valence-corrected chi connectivity index (χ3v) is 10.3. The maximum Gasteiger partial charge on any atom is 0.151 e. The second-order valence-corrected chi connectivity index (χ2v) is 12.6. The van der Waals surface area contributed by atoms with Gasteiger partial charge in [-0.2, -0.15) is 0 Å². The molecule has 0 amide bonds. The van der Waals surface area contributed by atoms with Crippen LogP contribution in [0.15, 0.2) is 115 Å². The second kappa shape index (κ2) is 11.3. The normalized spacial score (nSPS) is 11.7. The molecule has 0 N–H and O–H groups in total. The zero-order valence-corrected chi connectivity index (χ0v) is 27.7. The number of ether oxygens (including phenoxy) is 3. The highest BCUT2D eigenvalue weighted by atomic mass is 16.5. The molecule has 240 valence electrons. The molecule has 9 rings (SSSR count). The highest BCUT2D eigenvalue weighted by Crippen LogP contribution is 2.52. The van der Waals surface area contributed by atoms with E-state index in [1.165, 1.54) is 0 Å². The van der Waals surface area contributed by atoms with Crippen molar-refractivity contribution in [1.29, 1.82) is 0 Å². The summed E-state index contributed by atoms with van der Waals surface area (Å²) in [5, 5.41) is 9.94. The summed E-state index contributed by atoms with van der Waals surface area (Å²) >= 11 is 0. The molecule has 9 aromatic carbocycles.